The van der Waals surface area contributed by atoms with E-state index in [0.29, 0.717) is 28.1 Å². The van der Waals surface area contributed by atoms with Crippen LogP contribution in [0, 0.1) is 13.8 Å². The third-order valence-corrected chi connectivity index (χ3v) is 4.63. The monoisotopic (exact) mass is 398 g/mol. The van der Waals surface area contributed by atoms with Crippen LogP contribution in [0.3, 0.4) is 0 Å². The van der Waals surface area contributed by atoms with E-state index < -0.39 is 0 Å². The van der Waals surface area contributed by atoms with Crippen LogP contribution in [-0.2, 0) is 4.79 Å². The van der Waals surface area contributed by atoms with Crippen LogP contribution in [0.15, 0.2) is 36.0 Å². The molecule has 2 aromatic rings. The molecule has 2 aromatic carbocycles. The van der Waals surface area contributed by atoms with E-state index in [4.69, 9.17) is 26.4 Å². The van der Waals surface area contributed by atoms with Gasteiger partial charge in [-0.2, -0.15) is 0 Å². The minimum atomic E-state index is -0.219. The Labute approximate surface area is 169 Å². The van der Waals surface area contributed by atoms with Crippen molar-refractivity contribution in [1.82, 2.24) is 5.32 Å². The van der Waals surface area contributed by atoms with Crippen molar-refractivity contribution in [3.8, 4) is 17.2 Å². The Balaban J connectivity index is 2.00. The quantitative estimate of drug-likeness (QED) is 0.614. The zero-order valence-electron chi connectivity index (χ0n) is 16.5. The molecule has 1 saturated heterocycles. The molecule has 1 N–H and O–H groups in total. The Kier molecular flexibility index (Phi) is 5.56. The molecule has 0 atom stereocenters. The van der Waals surface area contributed by atoms with Gasteiger partial charge >= 0.3 is 0 Å². The van der Waals surface area contributed by atoms with Crippen molar-refractivity contribution < 1.29 is 19.0 Å². The summed E-state index contributed by atoms with van der Waals surface area (Å²) in [5, 5.41) is 3.34. The summed E-state index contributed by atoms with van der Waals surface area (Å²) in [5.74, 6) is 1.29. The molecule has 1 aliphatic heterocycles. The zero-order valence-corrected chi connectivity index (χ0v) is 17.3. The molecule has 146 valence electrons. The van der Waals surface area contributed by atoms with Crippen LogP contribution in [0.5, 0.6) is 17.2 Å². The van der Waals surface area contributed by atoms with Gasteiger partial charge in [0.05, 0.1) is 27.0 Å². The second kappa shape index (κ2) is 7.90. The largest absolute Gasteiger partial charge is 0.493 e. The second-order valence-corrected chi connectivity index (χ2v) is 6.82. The lowest BCUT2D eigenvalue weighted by Crippen LogP contribution is -2.30. The highest BCUT2D eigenvalue weighted by Crippen LogP contribution is 2.39. The van der Waals surface area contributed by atoms with E-state index in [0.717, 1.165) is 22.4 Å². The molecule has 7 heteroatoms. The molecular formula is C21H22N2O4S. The molecule has 0 radical (unpaired) electrons. The van der Waals surface area contributed by atoms with Crippen LogP contribution >= 0.6 is 12.2 Å². The predicted molar refractivity (Wildman–Crippen MR) is 113 cm³/mol. The molecule has 0 bridgehead atoms. The van der Waals surface area contributed by atoms with Crippen LogP contribution in [0.1, 0.15) is 16.7 Å². The van der Waals surface area contributed by atoms with E-state index in [1.807, 2.05) is 32.0 Å². The molecule has 1 heterocycles. The number of rotatable bonds is 5. The van der Waals surface area contributed by atoms with Crippen LogP contribution in [-0.4, -0.2) is 32.3 Å². The number of anilines is 1. The number of ether oxygens (including phenoxy) is 3. The second-order valence-electron chi connectivity index (χ2n) is 6.43. The molecule has 0 spiro atoms. The van der Waals surface area contributed by atoms with Crippen molar-refractivity contribution in [2.24, 2.45) is 0 Å². The fraction of sp³-hybridized carbons (Fsp3) is 0.238. The van der Waals surface area contributed by atoms with Crippen molar-refractivity contribution >= 4 is 35.0 Å². The van der Waals surface area contributed by atoms with Gasteiger partial charge < -0.3 is 19.5 Å². The fourth-order valence-corrected chi connectivity index (χ4v) is 3.50. The fourth-order valence-electron chi connectivity index (χ4n) is 3.20. The van der Waals surface area contributed by atoms with E-state index in [2.05, 4.69) is 5.32 Å². The summed E-state index contributed by atoms with van der Waals surface area (Å²) in [6.07, 6.45) is 1.71. The highest BCUT2D eigenvalue weighted by Gasteiger charge is 2.32. The first kappa shape index (κ1) is 19.7. The Morgan fingerprint density at radius 1 is 0.929 bits per heavy atom. The number of methoxy groups -OCH3 is 3. The number of aryl methyl sites for hydroxylation is 2. The molecule has 1 aliphatic rings. The summed E-state index contributed by atoms with van der Waals surface area (Å²) in [5.41, 5.74) is 3.96. The Morgan fingerprint density at radius 2 is 1.50 bits per heavy atom. The maximum Gasteiger partial charge on any atom is 0.281 e. The van der Waals surface area contributed by atoms with Crippen LogP contribution in [0.4, 0.5) is 5.69 Å². The van der Waals surface area contributed by atoms with E-state index >= 15 is 0 Å². The average molecular weight is 398 g/mol. The van der Waals surface area contributed by atoms with E-state index in [1.54, 1.807) is 39.5 Å². The van der Waals surface area contributed by atoms with Crippen LogP contribution in [0.25, 0.3) is 6.08 Å². The minimum Gasteiger partial charge on any atom is -0.493 e. The van der Waals surface area contributed by atoms with Crippen molar-refractivity contribution in [2.75, 3.05) is 26.2 Å². The van der Waals surface area contributed by atoms with Crippen LogP contribution < -0.4 is 24.4 Å². The third kappa shape index (κ3) is 3.66. The van der Waals surface area contributed by atoms with E-state index in [9.17, 15) is 4.79 Å². The molecule has 0 aromatic heterocycles. The topological polar surface area (TPSA) is 60.0 Å². The maximum atomic E-state index is 13.0. The van der Waals surface area contributed by atoms with Gasteiger partial charge in [-0.05, 0) is 73.1 Å². The minimum absolute atomic E-state index is 0.219. The number of nitrogens with one attached hydrogen (secondary N) is 1. The molecule has 0 aliphatic carbocycles. The van der Waals surface area contributed by atoms with Gasteiger partial charge in [0.15, 0.2) is 16.6 Å². The number of thiocarbonyl (C=S) groups is 1. The molecule has 3 rings (SSSR count). The number of benzene rings is 2. The number of hydrogen-bond donors (Lipinski definition) is 1. The summed E-state index contributed by atoms with van der Waals surface area (Å²) < 4.78 is 16.1. The lowest BCUT2D eigenvalue weighted by molar-refractivity contribution is -0.113. The maximum absolute atomic E-state index is 13.0. The lowest BCUT2D eigenvalue weighted by atomic mass is 10.1. The zero-order chi connectivity index (χ0) is 20.4. The number of carbonyl (C=O) groups excluding carboxylic acids is 1. The van der Waals surface area contributed by atoms with Crippen molar-refractivity contribution in [2.45, 2.75) is 13.8 Å². The normalized spacial score (nSPS) is 15.0. The first-order valence-electron chi connectivity index (χ1n) is 8.63. The number of hydrogen-bond acceptors (Lipinski definition) is 5. The summed E-state index contributed by atoms with van der Waals surface area (Å²) in [7, 11) is 4.63. The van der Waals surface area contributed by atoms with Gasteiger partial charge in [-0.3, -0.25) is 9.69 Å². The summed E-state index contributed by atoms with van der Waals surface area (Å²) >= 11 is 5.40. The number of amides is 1. The van der Waals surface area contributed by atoms with Gasteiger partial charge in [-0.25, -0.2) is 0 Å². The standard InChI is InChI=1S/C21H22N2O4S/c1-12-6-13(2)8-15(7-12)23-20(24)16(22-21(23)28)9-14-10-17(25-3)19(27-5)18(11-14)26-4/h6-11H,1-5H3,(H,22,28)/b16-9-. The van der Waals surface area contributed by atoms with E-state index in [1.165, 1.54) is 4.90 Å². The molecule has 1 fully saturated rings. The Bertz CT molecular complexity index is 939. The highest BCUT2D eigenvalue weighted by molar-refractivity contribution is 7.80. The van der Waals surface area contributed by atoms with Gasteiger partial charge in [0, 0.05) is 0 Å². The predicted octanol–water partition coefficient (Wildman–Crippen LogP) is 3.59. The van der Waals surface area contributed by atoms with Gasteiger partial charge in [0.25, 0.3) is 5.91 Å². The SMILES string of the molecule is COc1cc(/C=C2\NC(=S)N(c3cc(C)cc(C)c3)C2=O)cc(OC)c1OC. The average Bonchev–Trinajstić information content (AvgIpc) is 2.93. The van der Waals surface area contributed by atoms with E-state index in [-0.39, 0.29) is 5.91 Å². The van der Waals surface area contributed by atoms with Crippen molar-refractivity contribution in [3.63, 3.8) is 0 Å². The molecule has 0 unspecified atom stereocenters. The van der Waals surface area contributed by atoms with Gasteiger partial charge in [0.2, 0.25) is 5.75 Å². The van der Waals surface area contributed by atoms with Gasteiger partial charge in [-0.15, -0.1) is 0 Å². The molecule has 28 heavy (non-hydrogen) atoms. The molecule has 1 amide bonds. The first-order valence-corrected chi connectivity index (χ1v) is 9.04. The summed E-state index contributed by atoms with van der Waals surface area (Å²) in [6, 6.07) is 9.45. The smallest absolute Gasteiger partial charge is 0.281 e. The van der Waals surface area contributed by atoms with Crippen LogP contribution in [0.2, 0.25) is 0 Å². The molecule has 6 nitrogen and oxygen atoms in total. The van der Waals surface area contributed by atoms with Gasteiger partial charge in [-0.1, -0.05) is 6.07 Å². The lowest BCUT2D eigenvalue weighted by Gasteiger charge is -2.15. The molecule has 0 saturated carbocycles. The van der Waals surface area contributed by atoms with Gasteiger partial charge in [0.1, 0.15) is 5.70 Å². The third-order valence-electron chi connectivity index (χ3n) is 4.34. The van der Waals surface area contributed by atoms with Crippen molar-refractivity contribution in [3.05, 3.63) is 52.7 Å². The summed E-state index contributed by atoms with van der Waals surface area (Å²) in [6.45, 7) is 3.97. The first-order chi connectivity index (χ1) is 13.4. The molecular weight excluding hydrogens is 376 g/mol. The number of carbonyl (C=O) groups is 1. The highest BCUT2D eigenvalue weighted by atomic mass is 32.1. The van der Waals surface area contributed by atoms with Crippen molar-refractivity contribution in [1.29, 1.82) is 0 Å². The Morgan fingerprint density at radius 3 is 2.00 bits per heavy atom. The summed E-state index contributed by atoms with van der Waals surface area (Å²) in [4.78, 5) is 14.5. The Hall–Kier alpha value is -3.06. The number of nitrogens with zero attached hydrogens (tertiary/aromatic N) is 1.